The highest BCUT2D eigenvalue weighted by atomic mass is 35.5. The predicted octanol–water partition coefficient (Wildman–Crippen LogP) is 3.89. The number of sulfone groups is 1. The van der Waals surface area contributed by atoms with Gasteiger partial charge in [-0.15, -0.1) is 0 Å². The molecule has 1 heterocycles. The molecule has 0 bridgehead atoms. The van der Waals surface area contributed by atoms with Gasteiger partial charge in [0.15, 0.2) is 9.84 Å². The lowest BCUT2D eigenvalue weighted by molar-refractivity contribution is -0.119. The summed E-state index contributed by atoms with van der Waals surface area (Å²) in [6.07, 6.45) is 0.371. The molecule has 2 aromatic rings. The quantitative estimate of drug-likeness (QED) is 0.809. The molecule has 26 heavy (non-hydrogen) atoms. The summed E-state index contributed by atoms with van der Waals surface area (Å²) in [5.41, 5.74) is 2.47. The Hall–Kier alpha value is -2.05. The van der Waals surface area contributed by atoms with Crippen LogP contribution in [-0.2, 0) is 14.6 Å². The molecule has 0 aromatic heterocycles. The lowest BCUT2D eigenvalue weighted by atomic mass is 10.1. The summed E-state index contributed by atoms with van der Waals surface area (Å²) in [6, 6.07) is 15.3. The average Bonchev–Trinajstić information content (AvgIpc) is 2.98. The molecular formula is C19H21ClN2O3S. The Morgan fingerprint density at radius 3 is 2.54 bits per heavy atom. The minimum Gasteiger partial charge on any atom is -0.377 e. The minimum atomic E-state index is -3.08. The first kappa shape index (κ1) is 18.7. The van der Waals surface area contributed by atoms with Crippen molar-refractivity contribution in [3.05, 3.63) is 59.1 Å². The van der Waals surface area contributed by atoms with Gasteiger partial charge in [-0.05, 0) is 37.1 Å². The molecule has 0 radical (unpaired) electrons. The SMILES string of the molecule is CC(Nc1ccc(NC(=O)C2CCS(=O)(=O)C2)cc1Cl)c1ccccc1. The fraction of sp³-hybridized carbons (Fsp3) is 0.316. The van der Waals surface area contributed by atoms with Gasteiger partial charge in [-0.25, -0.2) is 8.42 Å². The maximum Gasteiger partial charge on any atom is 0.228 e. The van der Waals surface area contributed by atoms with Crippen molar-refractivity contribution in [3.8, 4) is 0 Å². The topological polar surface area (TPSA) is 75.3 Å². The number of nitrogens with one attached hydrogen (secondary N) is 2. The van der Waals surface area contributed by atoms with Gasteiger partial charge in [0.1, 0.15) is 0 Å². The third-order valence-electron chi connectivity index (χ3n) is 4.51. The number of rotatable bonds is 5. The number of amides is 1. The summed E-state index contributed by atoms with van der Waals surface area (Å²) in [5, 5.41) is 6.60. The van der Waals surface area contributed by atoms with Crippen LogP contribution in [0.5, 0.6) is 0 Å². The largest absolute Gasteiger partial charge is 0.377 e. The highest BCUT2D eigenvalue weighted by Gasteiger charge is 2.32. The molecule has 0 saturated carbocycles. The molecule has 1 saturated heterocycles. The van der Waals surface area contributed by atoms with Crippen LogP contribution in [0.1, 0.15) is 24.9 Å². The van der Waals surface area contributed by atoms with Gasteiger partial charge in [-0.3, -0.25) is 4.79 Å². The molecule has 2 unspecified atom stereocenters. The molecule has 2 N–H and O–H groups in total. The maximum atomic E-state index is 12.2. The highest BCUT2D eigenvalue weighted by molar-refractivity contribution is 7.91. The van der Waals surface area contributed by atoms with E-state index in [1.807, 2.05) is 43.3 Å². The third-order valence-corrected chi connectivity index (χ3v) is 6.59. The first-order valence-corrected chi connectivity index (χ1v) is 10.7. The van der Waals surface area contributed by atoms with E-state index in [2.05, 4.69) is 10.6 Å². The first-order valence-electron chi connectivity index (χ1n) is 8.46. The Kier molecular flexibility index (Phi) is 5.53. The second kappa shape index (κ2) is 7.68. The van der Waals surface area contributed by atoms with Crippen LogP contribution in [0.15, 0.2) is 48.5 Å². The Balaban J connectivity index is 1.65. The molecule has 3 rings (SSSR count). The van der Waals surface area contributed by atoms with E-state index in [9.17, 15) is 13.2 Å². The van der Waals surface area contributed by atoms with Gasteiger partial charge in [-0.2, -0.15) is 0 Å². The molecule has 0 aliphatic carbocycles. The second-order valence-corrected chi connectivity index (χ2v) is 9.20. The summed E-state index contributed by atoms with van der Waals surface area (Å²) in [4.78, 5) is 12.2. The van der Waals surface area contributed by atoms with E-state index in [0.29, 0.717) is 17.1 Å². The van der Waals surface area contributed by atoms with Crippen LogP contribution >= 0.6 is 11.6 Å². The van der Waals surface area contributed by atoms with Crippen LogP contribution in [0.3, 0.4) is 0 Å². The van der Waals surface area contributed by atoms with E-state index in [1.165, 1.54) is 0 Å². The monoisotopic (exact) mass is 392 g/mol. The number of anilines is 2. The van der Waals surface area contributed by atoms with E-state index < -0.39 is 15.8 Å². The number of carbonyl (C=O) groups excluding carboxylic acids is 1. The summed E-state index contributed by atoms with van der Waals surface area (Å²) in [6.45, 7) is 2.04. The van der Waals surface area contributed by atoms with E-state index in [0.717, 1.165) is 11.3 Å². The molecule has 138 valence electrons. The van der Waals surface area contributed by atoms with Gasteiger partial charge in [0.2, 0.25) is 5.91 Å². The van der Waals surface area contributed by atoms with Gasteiger partial charge < -0.3 is 10.6 Å². The Morgan fingerprint density at radius 2 is 1.92 bits per heavy atom. The lowest BCUT2D eigenvalue weighted by Gasteiger charge is -2.17. The second-order valence-electron chi connectivity index (χ2n) is 6.56. The Morgan fingerprint density at radius 1 is 1.19 bits per heavy atom. The number of carbonyl (C=O) groups is 1. The van der Waals surface area contributed by atoms with Gasteiger partial charge >= 0.3 is 0 Å². The van der Waals surface area contributed by atoms with Crippen LogP contribution in [-0.4, -0.2) is 25.8 Å². The van der Waals surface area contributed by atoms with E-state index in [-0.39, 0.29) is 23.5 Å². The van der Waals surface area contributed by atoms with E-state index in [4.69, 9.17) is 11.6 Å². The lowest BCUT2D eigenvalue weighted by Crippen LogP contribution is -2.23. The van der Waals surface area contributed by atoms with Crippen LogP contribution in [0.2, 0.25) is 5.02 Å². The van der Waals surface area contributed by atoms with Crippen LogP contribution in [0, 0.1) is 5.92 Å². The Bertz CT molecular complexity index is 900. The number of benzene rings is 2. The van der Waals surface area contributed by atoms with Gasteiger partial charge in [-0.1, -0.05) is 41.9 Å². The minimum absolute atomic E-state index is 0.0755. The zero-order valence-corrected chi connectivity index (χ0v) is 16.0. The van der Waals surface area contributed by atoms with E-state index >= 15 is 0 Å². The van der Waals surface area contributed by atoms with Crippen molar-refractivity contribution in [1.82, 2.24) is 0 Å². The van der Waals surface area contributed by atoms with E-state index in [1.54, 1.807) is 12.1 Å². The molecule has 7 heteroatoms. The molecule has 0 spiro atoms. The van der Waals surface area contributed by atoms with Gasteiger partial charge in [0, 0.05) is 11.7 Å². The van der Waals surface area contributed by atoms with Crippen molar-refractivity contribution >= 4 is 38.7 Å². The standard InChI is InChI=1S/C19H21ClN2O3S/c1-13(14-5-3-2-4-6-14)21-18-8-7-16(11-17(18)20)22-19(23)15-9-10-26(24,25)12-15/h2-8,11,13,15,21H,9-10,12H2,1H3,(H,22,23). The van der Waals surface area contributed by atoms with Crippen LogP contribution < -0.4 is 10.6 Å². The third kappa shape index (κ3) is 4.56. The van der Waals surface area contributed by atoms with Gasteiger partial charge in [0.25, 0.3) is 0 Å². The molecule has 2 aromatic carbocycles. The van der Waals surface area contributed by atoms with Crippen molar-refractivity contribution in [1.29, 1.82) is 0 Å². The van der Waals surface area contributed by atoms with Crippen molar-refractivity contribution in [3.63, 3.8) is 0 Å². The summed E-state index contributed by atoms with van der Waals surface area (Å²) in [5.74, 6) is -0.775. The average molecular weight is 393 g/mol. The molecular weight excluding hydrogens is 372 g/mol. The van der Waals surface area contributed by atoms with Crippen molar-refractivity contribution in [2.75, 3.05) is 22.1 Å². The van der Waals surface area contributed by atoms with Crippen LogP contribution in [0.4, 0.5) is 11.4 Å². The number of halogens is 1. The van der Waals surface area contributed by atoms with Crippen molar-refractivity contribution in [2.24, 2.45) is 5.92 Å². The van der Waals surface area contributed by atoms with Gasteiger partial charge in [0.05, 0.1) is 28.1 Å². The van der Waals surface area contributed by atoms with Crippen molar-refractivity contribution < 1.29 is 13.2 Å². The highest BCUT2D eigenvalue weighted by Crippen LogP contribution is 2.29. The predicted molar refractivity (Wildman–Crippen MR) is 105 cm³/mol. The molecule has 1 aliphatic rings. The molecule has 1 amide bonds. The molecule has 2 atom stereocenters. The first-order chi connectivity index (χ1) is 12.3. The molecule has 1 fully saturated rings. The summed E-state index contributed by atoms with van der Waals surface area (Å²) >= 11 is 6.34. The number of hydrogen-bond acceptors (Lipinski definition) is 4. The Labute approximate surface area is 158 Å². The normalized spacial score (nSPS) is 19.7. The fourth-order valence-corrected chi connectivity index (χ4v) is 4.99. The zero-order valence-electron chi connectivity index (χ0n) is 14.4. The smallest absolute Gasteiger partial charge is 0.228 e. The maximum absolute atomic E-state index is 12.2. The molecule has 1 aliphatic heterocycles. The zero-order chi connectivity index (χ0) is 18.7. The number of hydrogen-bond donors (Lipinski definition) is 2. The summed E-state index contributed by atoms with van der Waals surface area (Å²) in [7, 11) is -3.08. The van der Waals surface area contributed by atoms with Crippen LogP contribution in [0.25, 0.3) is 0 Å². The summed E-state index contributed by atoms with van der Waals surface area (Å²) < 4.78 is 23.0. The van der Waals surface area contributed by atoms with Crippen molar-refractivity contribution in [2.45, 2.75) is 19.4 Å². The molecule has 5 nitrogen and oxygen atoms in total. The fourth-order valence-electron chi connectivity index (χ4n) is 3.01.